The molecule has 0 bridgehead atoms. The summed E-state index contributed by atoms with van der Waals surface area (Å²) in [6.45, 7) is 2.74. The normalized spacial score (nSPS) is 11.2. The topological polar surface area (TPSA) is 110 Å². The molecule has 0 amide bonds. The predicted molar refractivity (Wildman–Crippen MR) is 111 cm³/mol. The molecule has 0 unspecified atom stereocenters. The second kappa shape index (κ2) is 8.81. The Kier molecular flexibility index (Phi) is 6.23. The van der Waals surface area contributed by atoms with Crippen molar-refractivity contribution in [1.29, 1.82) is 0 Å². The van der Waals surface area contributed by atoms with Crippen molar-refractivity contribution in [3.05, 3.63) is 71.9 Å². The van der Waals surface area contributed by atoms with Crippen molar-refractivity contribution in [2.24, 2.45) is 5.14 Å². The van der Waals surface area contributed by atoms with E-state index in [0.29, 0.717) is 24.7 Å². The molecule has 3 aromatic rings. The maximum atomic E-state index is 11.3. The molecule has 0 spiro atoms. The molecule has 0 aliphatic carbocycles. The maximum Gasteiger partial charge on any atom is 0.238 e. The Hall–Kier alpha value is -2.97. The third-order valence-corrected chi connectivity index (χ3v) is 5.17. The molecule has 0 atom stereocenters. The zero-order chi connectivity index (χ0) is 20.0. The van der Waals surface area contributed by atoms with Gasteiger partial charge in [-0.15, -0.1) is 0 Å². The van der Waals surface area contributed by atoms with Crippen molar-refractivity contribution in [3.8, 4) is 0 Å². The van der Waals surface area contributed by atoms with Crippen molar-refractivity contribution >= 4 is 27.5 Å². The number of nitrogens with one attached hydrogen (secondary N) is 2. The van der Waals surface area contributed by atoms with Crippen LogP contribution in [0, 0.1) is 0 Å². The fourth-order valence-electron chi connectivity index (χ4n) is 2.65. The van der Waals surface area contributed by atoms with E-state index in [0.717, 1.165) is 17.7 Å². The van der Waals surface area contributed by atoms with Crippen molar-refractivity contribution in [3.63, 3.8) is 0 Å². The highest BCUT2D eigenvalue weighted by Gasteiger charge is 2.06. The lowest BCUT2D eigenvalue weighted by Gasteiger charge is -2.09. The first kappa shape index (κ1) is 19.8. The quantitative estimate of drug-likeness (QED) is 0.539. The van der Waals surface area contributed by atoms with Crippen LogP contribution in [0.25, 0.3) is 0 Å². The number of aryl methyl sites for hydroxylation is 1. The van der Waals surface area contributed by atoms with E-state index in [-0.39, 0.29) is 4.90 Å². The van der Waals surface area contributed by atoms with Crippen LogP contribution in [-0.2, 0) is 22.9 Å². The van der Waals surface area contributed by atoms with E-state index in [4.69, 9.17) is 5.14 Å². The molecule has 2 aromatic carbocycles. The number of nitrogens with two attached hydrogens (primary N) is 1. The van der Waals surface area contributed by atoms with Gasteiger partial charge in [0.15, 0.2) is 0 Å². The molecule has 0 saturated heterocycles. The predicted octanol–water partition coefficient (Wildman–Crippen LogP) is 3.08. The number of hydrogen-bond acceptors (Lipinski definition) is 6. The molecule has 0 fully saturated rings. The minimum Gasteiger partial charge on any atom is -0.354 e. The van der Waals surface area contributed by atoms with Gasteiger partial charge in [0.25, 0.3) is 0 Å². The number of benzene rings is 2. The number of primary sulfonamides is 1. The van der Waals surface area contributed by atoms with Crippen LogP contribution in [0.2, 0.25) is 0 Å². The van der Waals surface area contributed by atoms with Gasteiger partial charge in [0.2, 0.25) is 16.0 Å². The Morgan fingerprint density at radius 1 is 0.964 bits per heavy atom. The van der Waals surface area contributed by atoms with Gasteiger partial charge in [-0.1, -0.05) is 31.2 Å². The molecule has 1 heterocycles. The van der Waals surface area contributed by atoms with E-state index in [2.05, 4.69) is 39.7 Å². The number of anilines is 3. The Morgan fingerprint density at radius 2 is 1.64 bits per heavy atom. The van der Waals surface area contributed by atoms with Gasteiger partial charge in [0.05, 0.1) is 4.90 Å². The third kappa shape index (κ3) is 5.51. The Morgan fingerprint density at radius 3 is 2.29 bits per heavy atom. The lowest BCUT2D eigenvalue weighted by molar-refractivity contribution is 0.598. The minimum atomic E-state index is -3.66. The molecule has 3 rings (SSSR count). The average Bonchev–Trinajstić information content (AvgIpc) is 2.69. The molecule has 0 radical (unpaired) electrons. The summed E-state index contributed by atoms with van der Waals surface area (Å²) in [6, 6.07) is 16.6. The smallest absolute Gasteiger partial charge is 0.238 e. The fraction of sp³-hybridized carbons (Fsp3) is 0.200. The summed E-state index contributed by atoms with van der Waals surface area (Å²) < 4.78 is 22.6. The summed E-state index contributed by atoms with van der Waals surface area (Å²) in [5.41, 5.74) is 3.25. The summed E-state index contributed by atoms with van der Waals surface area (Å²) in [5.74, 6) is 1.23. The van der Waals surface area contributed by atoms with Gasteiger partial charge in [-0.2, -0.15) is 4.98 Å². The molecule has 0 saturated carbocycles. The van der Waals surface area contributed by atoms with Crippen molar-refractivity contribution in [2.75, 3.05) is 17.2 Å². The third-order valence-electron chi connectivity index (χ3n) is 4.24. The summed E-state index contributed by atoms with van der Waals surface area (Å²) in [5, 5.41) is 11.5. The molecule has 0 aliphatic rings. The van der Waals surface area contributed by atoms with Gasteiger partial charge in [-0.3, -0.25) is 0 Å². The molecule has 0 aliphatic heterocycles. The standard InChI is InChI=1S/C20H23N5O2S/c1-2-15-3-7-17(8-4-15)24-19-12-14-23-20(25-19)22-13-11-16-5-9-18(10-6-16)28(21,26)27/h3-10,12,14H,2,11,13H2,1H3,(H2,21,26,27)(H2,22,23,24,25). The Bertz CT molecular complexity index is 1020. The lowest BCUT2D eigenvalue weighted by atomic mass is 10.1. The van der Waals surface area contributed by atoms with Crippen molar-refractivity contribution in [2.45, 2.75) is 24.7 Å². The average molecular weight is 398 g/mol. The number of aromatic nitrogens is 2. The number of hydrogen-bond donors (Lipinski definition) is 3. The summed E-state index contributed by atoms with van der Waals surface area (Å²) >= 11 is 0. The number of nitrogens with zero attached hydrogens (tertiary/aromatic N) is 2. The lowest BCUT2D eigenvalue weighted by Crippen LogP contribution is -2.12. The highest BCUT2D eigenvalue weighted by molar-refractivity contribution is 7.89. The van der Waals surface area contributed by atoms with Crippen LogP contribution in [0.4, 0.5) is 17.5 Å². The van der Waals surface area contributed by atoms with Crippen LogP contribution in [0.1, 0.15) is 18.1 Å². The minimum absolute atomic E-state index is 0.110. The summed E-state index contributed by atoms with van der Waals surface area (Å²) in [6.07, 6.45) is 3.40. The van der Waals surface area contributed by atoms with Gasteiger partial charge in [-0.25, -0.2) is 18.5 Å². The largest absolute Gasteiger partial charge is 0.354 e. The molecular formula is C20H23N5O2S. The van der Waals surface area contributed by atoms with Gasteiger partial charge in [-0.05, 0) is 54.3 Å². The van der Waals surface area contributed by atoms with Crippen LogP contribution >= 0.6 is 0 Å². The van der Waals surface area contributed by atoms with Gasteiger partial charge >= 0.3 is 0 Å². The van der Waals surface area contributed by atoms with Gasteiger partial charge in [0, 0.05) is 18.4 Å². The maximum absolute atomic E-state index is 11.3. The van der Waals surface area contributed by atoms with Crippen LogP contribution < -0.4 is 15.8 Å². The van der Waals surface area contributed by atoms with Crippen molar-refractivity contribution in [1.82, 2.24) is 9.97 Å². The van der Waals surface area contributed by atoms with E-state index in [1.807, 2.05) is 18.2 Å². The number of sulfonamides is 1. The van der Waals surface area contributed by atoms with Crippen LogP contribution in [0.3, 0.4) is 0 Å². The van der Waals surface area contributed by atoms with Gasteiger partial charge < -0.3 is 10.6 Å². The second-order valence-corrected chi connectivity index (χ2v) is 7.87. The summed E-state index contributed by atoms with van der Waals surface area (Å²) in [4.78, 5) is 8.80. The molecule has 7 nitrogen and oxygen atoms in total. The van der Waals surface area contributed by atoms with E-state index >= 15 is 0 Å². The highest BCUT2D eigenvalue weighted by atomic mass is 32.2. The van der Waals surface area contributed by atoms with Gasteiger partial charge in [0.1, 0.15) is 5.82 Å². The van der Waals surface area contributed by atoms with Crippen LogP contribution in [0.5, 0.6) is 0 Å². The highest BCUT2D eigenvalue weighted by Crippen LogP contribution is 2.16. The number of rotatable bonds is 8. The first-order valence-corrected chi connectivity index (χ1v) is 10.5. The Labute approximate surface area is 165 Å². The fourth-order valence-corrected chi connectivity index (χ4v) is 3.17. The SMILES string of the molecule is CCc1ccc(Nc2ccnc(NCCc3ccc(S(N)(=O)=O)cc3)n2)cc1. The zero-order valence-corrected chi connectivity index (χ0v) is 16.4. The molecule has 1 aromatic heterocycles. The zero-order valence-electron chi connectivity index (χ0n) is 15.6. The molecule has 8 heteroatoms. The molecule has 28 heavy (non-hydrogen) atoms. The first-order chi connectivity index (χ1) is 13.4. The first-order valence-electron chi connectivity index (χ1n) is 8.98. The molecular weight excluding hydrogens is 374 g/mol. The van der Waals surface area contributed by atoms with E-state index < -0.39 is 10.0 Å². The van der Waals surface area contributed by atoms with Crippen molar-refractivity contribution < 1.29 is 8.42 Å². The van der Waals surface area contributed by atoms with E-state index in [1.54, 1.807) is 18.3 Å². The Balaban J connectivity index is 1.55. The summed E-state index contributed by atoms with van der Waals surface area (Å²) in [7, 11) is -3.66. The monoisotopic (exact) mass is 397 g/mol. The second-order valence-electron chi connectivity index (χ2n) is 6.31. The molecule has 4 N–H and O–H groups in total. The molecule has 146 valence electrons. The van der Waals surface area contributed by atoms with Crippen LogP contribution in [-0.4, -0.2) is 24.9 Å². The van der Waals surface area contributed by atoms with E-state index in [9.17, 15) is 8.42 Å². The van der Waals surface area contributed by atoms with E-state index in [1.165, 1.54) is 17.7 Å². The van der Waals surface area contributed by atoms with Crippen LogP contribution in [0.15, 0.2) is 65.7 Å².